The van der Waals surface area contributed by atoms with Crippen molar-refractivity contribution in [1.82, 2.24) is 5.48 Å². The van der Waals surface area contributed by atoms with Crippen LogP contribution in [0, 0.1) is 13.8 Å². The zero-order valence-electron chi connectivity index (χ0n) is 15.4. The monoisotopic (exact) mass is 368 g/mol. The number of carbonyl (C=O) groups excluding carboxylic acids is 1. The van der Waals surface area contributed by atoms with Crippen molar-refractivity contribution < 1.29 is 9.63 Å². The van der Waals surface area contributed by atoms with E-state index in [1.54, 1.807) is 11.8 Å². The van der Waals surface area contributed by atoms with Gasteiger partial charge in [-0.2, -0.15) is 0 Å². The third-order valence-electron chi connectivity index (χ3n) is 4.37. The van der Waals surface area contributed by atoms with Gasteiger partial charge >= 0.3 is 0 Å². The third kappa shape index (κ3) is 3.79. The molecular formula is C21H24N2O2S. The van der Waals surface area contributed by atoms with E-state index < -0.39 is 0 Å². The molecule has 0 aliphatic carbocycles. The minimum atomic E-state index is 0.0115. The largest absolute Gasteiger partial charge is 0.295 e. The Hall–Kier alpha value is -2.24. The predicted molar refractivity (Wildman–Crippen MR) is 109 cm³/mol. The van der Waals surface area contributed by atoms with Crippen LogP contribution in [0.1, 0.15) is 34.6 Å². The average Bonchev–Trinajstić information content (AvgIpc) is 3.01. The first-order valence-electron chi connectivity index (χ1n) is 8.69. The molecular weight excluding hydrogens is 344 g/mol. The summed E-state index contributed by atoms with van der Waals surface area (Å²) in [6.07, 6.45) is 0. The average molecular weight is 369 g/mol. The van der Waals surface area contributed by atoms with Gasteiger partial charge < -0.3 is 0 Å². The molecule has 0 aromatic heterocycles. The molecule has 0 radical (unpaired) electrons. The second-order valence-corrected chi connectivity index (χ2v) is 7.42. The van der Waals surface area contributed by atoms with Gasteiger partial charge in [-0.1, -0.05) is 42.5 Å². The Morgan fingerprint density at radius 3 is 2.65 bits per heavy atom. The van der Waals surface area contributed by atoms with E-state index in [0.29, 0.717) is 18.1 Å². The lowest BCUT2D eigenvalue weighted by atomic mass is 10.1. The van der Waals surface area contributed by atoms with Crippen LogP contribution in [0.2, 0.25) is 0 Å². The topological polar surface area (TPSA) is 41.6 Å². The summed E-state index contributed by atoms with van der Waals surface area (Å²) in [4.78, 5) is 19.7. The minimum Gasteiger partial charge on any atom is -0.295 e. The lowest BCUT2D eigenvalue weighted by molar-refractivity contribution is -0.115. The smallest absolute Gasteiger partial charge is 0.238 e. The maximum absolute atomic E-state index is 12.6. The van der Waals surface area contributed by atoms with Crippen molar-refractivity contribution in [2.75, 3.05) is 17.3 Å². The number of hydrogen-bond acceptors (Lipinski definition) is 4. The van der Waals surface area contributed by atoms with E-state index >= 15 is 0 Å². The van der Waals surface area contributed by atoms with Gasteiger partial charge in [-0.3, -0.25) is 20.0 Å². The summed E-state index contributed by atoms with van der Waals surface area (Å²) in [7, 11) is 0. The van der Waals surface area contributed by atoms with Gasteiger partial charge in [0.1, 0.15) is 5.37 Å². The first-order valence-corrected chi connectivity index (χ1v) is 9.74. The van der Waals surface area contributed by atoms with Crippen molar-refractivity contribution in [1.29, 1.82) is 0 Å². The quantitative estimate of drug-likeness (QED) is 0.757. The van der Waals surface area contributed by atoms with Crippen LogP contribution >= 0.6 is 11.8 Å². The van der Waals surface area contributed by atoms with Gasteiger partial charge in [0.15, 0.2) is 0 Å². The number of rotatable bonds is 6. The molecule has 1 N–H and O–H groups in total. The van der Waals surface area contributed by atoms with Crippen LogP contribution < -0.4 is 10.4 Å². The van der Waals surface area contributed by atoms with Gasteiger partial charge in [-0.15, -0.1) is 11.8 Å². The standard InChI is InChI=1S/C21H24N2O2S/c1-5-25-22-16(4)18-10-11-19(15(3)12-18)23-20(24)13-26-21(23)17-8-6-14(2)7-9-17/h6-12,21-22H,4-5,13H2,1-3H3. The minimum absolute atomic E-state index is 0.0115. The third-order valence-corrected chi connectivity index (χ3v) is 5.59. The Morgan fingerprint density at radius 2 is 2.00 bits per heavy atom. The molecule has 26 heavy (non-hydrogen) atoms. The fourth-order valence-electron chi connectivity index (χ4n) is 2.99. The molecule has 1 fully saturated rings. The summed E-state index contributed by atoms with van der Waals surface area (Å²) in [6.45, 7) is 10.6. The Labute approximate surface area is 159 Å². The Morgan fingerprint density at radius 1 is 1.27 bits per heavy atom. The number of thioether (sulfide) groups is 1. The van der Waals surface area contributed by atoms with E-state index in [-0.39, 0.29) is 11.3 Å². The molecule has 1 heterocycles. The molecule has 1 aliphatic rings. The number of benzene rings is 2. The van der Waals surface area contributed by atoms with E-state index in [1.807, 2.05) is 36.9 Å². The molecule has 1 saturated heterocycles. The van der Waals surface area contributed by atoms with Crippen LogP contribution in [0.15, 0.2) is 49.0 Å². The highest BCUT2D eigenvalue weighted by Gasteiger charge is 2.34. The molecule has 136 valence electrons. The van der Waals surface area contributed by atoms with Crippen molar-refractivity contribution in [2.24, 2.45) is 0 Å². The number of aryl methyl sites for hydroxylation is 2. The Balaban J connectivity index is 1.89. The normalized spacial score (nSPS) is 16.8. The van der Waals surface area contributed by atoms with Gasteiger partial charge in [0.25, 0.3) is 0 Å². The van der Waals surface area contributed by atoms with Gasteiger partial charge in [-0.25, -0.2) is 0 Å². The molecule has 1 atom stereocenters. The summed E-state index contributed by atoms with van der Waals surface area (Å²) in [5.41, 5.74) is 8.84. The summed E-state index contributed by atoms with van der Waals surface area (Å²) in [5.74, 6) is 0.640. The molecule has 1 aliphatic heterocycles. The molecule has 2 aromatic rings. The van der Waals surface area contributed by atoms with Crippen LogP contribution in [0.3, 0.4) is 0 Å². The zero-order valence-corrected chi connectivity index (χ0v) is 16.2. The highest BCUT2D eigenvalue weighted by atomic mass is 32.2. The molecule has 0 saturated carbocycles. The summed E-state index contributed by atoms with van der Waals surface area (Å²) >= 11 is 1.67. The SMILES string of the molecule is C=C(NOCC)c1ccc(N2C(=O)CSC2c2ccc(C)cc2)c(C)c1. The fourth-order valence-corrected chi connectivity index (χ4v) is 4.16. The molecule has 0 bridgehead atoms. The van der Waals surface area contributed by atoms with Crippen molar-refractivity contribution in [3.8, 4) is 0 Å². The molecule has 4 nitrogen and oxygen atoms in total. The van der Waals surface area contributed by atoms with Crippen molar-refractivity contribution in [2.45, 2.75) is 26.1 Å². The Kier molecular flexibility index (Phi) is 5.69. The molecule has 0 spiro atoms. The molecule has 1 unspecified atom stereocenters. The summed E-state index contributed by atoms with van der Waals surface area (Å²) in [6, 6.07) is 14.4. The number of anilines is 1. The maximum atomic E-state index is 12.6. The first-order chi connectivity index (χ1) is 12.5. The molecule has 5 heteroatoms. The van der Waals surface area contributed by atoms with E-state index in [2.05, 4.69) is 43.2 Å². The number of carbonyl (C=O) groups is 1. The van der Waals surface area contributed by atoms with Crippen LogP contribution in [0.25, 0.3) is 5.70 Å². The van der Waals surface area contributed by atoms with Crippen molar-refractivity contribution >= 4 is 29.1 Å². The molecule has 3 rings (SSSR count). The lowest BCUT2D eigenvalue weighted by Gasteiger charge is -2.26. The maximum Gasteiger partial charge on any atom is 0.238 e. The Bertz CT molecular complexity index is 817. The number of hydroxylamine groups is 1. The highest BCUT2D eigenvalue weighted by Crippen LogP contribution is 2.43. The lowest BCUT2D eigenvalue weighted by Crippen LogP contribution is -2.28. The van der Waals surface area contributed by atoms with Gasteiger partial charge in [0.2, 0.25) is 5.91 Å². The van der Waals surface area contributed by atoms with E-state index in [4.69, 9.17) is 4.84 Å². The van der Waals surface area contributed by atoms with Gasteiger partial charge in [0, 0.05) is 5.69 Å². The number of amides is 1. The van der Waals surface area contributed by atoms with E-state index in [9.17, 15) is 4.79 Å². The van der Waals surface area contributed by atoms with Crippen LogP contribution in [0.4, 0.5) is 5.69 Å². The van der Waals surface area contributed by atoms with Crippen LogP contribution in [-0.2, 0) is 9.63 Å². The summed E-state index contributed by atoms with van der Waals surface area (Å²) in [5, 5.41) is 0.0115. The number of hydrogen-bond donors (Lipinski definition) is 1. The van der Waals surface area contributed by atoms with E-state index in [1.165, 1.54) is 5.56 Å². The second kappa shape index (κ2) is 7.98. The van der Waals surface area contributed by atoms with Crippen molar-refractivity contribution in [3.05, 3.63) is 71.3 Å². The van der Waals surface area contributed by atoms with Crippen LogP contribution in [-0.4, -0.2) is 18.3 Å². The molecule has 2 aromatic carbocycles. The first kappa shape index (κ1) is 18.5. The highest BCUT2D eigenvalue weighted by molar-refractivity contribution is 8.00. The van der Waals surface area contributed by atoms with Crippen molar-refractivity contribution in [3.63, 3.8) is 0 Å². The number of nitrogens with one attached hydrogen (secondary N) is 1. The molecule has 1 amide bonds. The fraction of sp³-hybridized carbons (Fsp3) is 0.286. The van der Waals surface area contributed by atoms with E-state index in [0.717, 1.165) is 22.4 Å². The predicted octanol–water partition coefficient (Wildman–Crippen LogP) is 4.59. The second-order valence-electron chi connectivity index (χ2n) is 6.35. The number of nitrogens with zero attached hydrogens (tertiary/aromatic N) is 1. The zero-order chi connectivity index (χ0) is 18.7. The van der Waals surface area contributed by atoms with Gasteiger partial charge in [-0.05, 0) is 49.6 Å². The summed E-state index contributed by atoms with van der Waals surface area (Å²) < 4.78 is 0. The van der Waals surface area contributed by atoms with Crippen LogP contribution in [0.5, 0.6) is 0 Å². The van der Waals surface area contributed by atoms with Gasteiger partial charge in [0.05, 0.1) is 18.1 Å².